The van der Waals surface area contributed by atoms with Crippen LogP contribution in [0.3, 0.4) is 0 Å². The molecule has 0 bridgehead atoms. The van der Waals surface area contributed by atoms with Crippen molar-refractivity contribution in [2.24, 2.45) is 17.1 Å². The maximum absolute atomic E-state index is 13.1. The lowest BCUT2D eigenvalue weighted by Gasteiger charge is -2.31. The number of tetrazole rings is 1. The van der Waals surface area contributed by atoms with Gasteiger partial charge in [-0.15, -0.1) is 17.5 Å². The van der Waals surface area contributed by atoms with Crippen LogP contribution >= 0.6 is 24.0 Å². The molecule has 2 aliphatic rings. The summed E-state index contributed by atoms with van der Waals surface area (Å²) in [6, 6.07) is 4.36. The summed E-state index contributed by atoms with van der Waals surface area (Å²) in [4.78, 5) is 27.9. The molecule has 0 radical (unpaired) electrons. The van der Waals surface area contributed by atoms with Gasteiger partial charge in [-0.3, -0.25) is 9.59 Å². The Morgan fingerprint density at radius 3 is 2.72 bits per heavy atom. The number of nitrogens with two attached hydrogens (primary N) is 1. The topological polar surface area (TPSA) is 119 Å². The van der Waals surface area contributed by atoms with Gasteiger partial charge in [-0.25, -0.2) is 4.68 Å². The molecule has 0 spiro atoms. The molecule has 1 aromatic carbocycles. The second kappa shape index (κ2) is 9.33. The first-order chi connectivity index (χ1) is 14.6. The van der Waals surface area contributed by atoms with Gasteiger partial charge in [0.05, 0.1) is 11.7 Å². The number of fused-ring (bicyclic) bond motifs is 1. The van der Waals surface area contributed by atoms with E-state index in [2.05, 4.69) is 41.6 Å². The molecule has 2 fully saturated rings. The number of benzene rings is 1. The number of hydrogen-bond donors (Lipinski definition) is 2. The van der Waals surface area contributed by atoms with Gasteiger partial charge in [0.25, 0.3) is 0 Å². The van der Waals surface area contributed by atoms with Crippen molar-refractivity contribution >= 4 is 35.8 Å². The van der Waals surface area contributed by atoms with Crippen molar-refractivity contribution in [1.82, 2.24) is 30.4 Å². The van der Waals surface area contributed by atoms with Crippen molar-refractivity contribution in [2.45, 2.75) is 64.7 Å². The molecular formula is C21H29Cl2N7O2. The van der Waals surface area contributed by atoms with Gasteiger partial charge in [-0.1, -0.05) is 32.4 Å². The predicted octanol–water partition coefficient (Wildman–Crippen LogP) is 2.11. The molecule has 3 N–H and O–H groups in total. The summed E-state index contributed by atoms with van der Waals surface area (Å²) in [5.41, 5.74) is 7.66. The van der Waals surface area contributed by atoms with Crippen molar-refractivity contribution < 1.29 is 9.59 Å². The predicted molar refractivity (Wildman–Crippen MR) is 122 cm³/mol. The van der Waals surface area contributed by atoms with Crippen LogP contribution in [0.2, 0.25) is 5.02 Å². The van der Waals surface area contributed by atoms with Crippen LogP contribution < -0.4 is 11.1 Å². The Bertz CT molecular complexity index is 977. The van der Waals surface area contributed by atoms with Crippen LogP contribution in [0.4, 0.5) is 0 Å². The number of piperidine rings is 1. The van der Waals surface area contributed by atoms with Gasteiger partial charge in [-0.05, 0) is 64.8 Å². The fraction of sp³-hybridized carbons (Fsp3) is 0.571. The van der Waals surface area contributed by atoms with Gasteiger partial charge < -0.3 is 16.0 Å². The largest absolute Gasteiger partial charge is 0.350 e. The molecule has 4 rings (SSSR count). The molecule has 2 heterocycles. The molecule has 1 aliphatic heterocycles. The van der Waals surface area contributed by atoms with Crippen LogP contribution in [0.5, 0.6) is 0 Å². The fourth-order valence-electron chi connectivity index (χ4n) is 4.44. The highest BCUT2D eigenvalue weighted by atomic mass is 35.5. The number of carbonyl (C=O) groups excluding carboxylic acids is 2. The highest BCUT2D eigenvalue weighted by molar-refractivity contribution is 6.30. The SMILES string of the molecule is CC(C)(C)C[C@@H](N)C(=O)N1[C@@H]2C[C@@H]2C[C@H]1C(=O)NCc1cc(Cl)ccc1-n1cnnn1.Cl. The van der Waals surface area contributed by atoms with E-state index in [0.29, 0.717) is 23.8 Å². The summed E-state index contributed by atoms with van der Waals surface area (Å²) >= 11 is 6.16. The minimum Gasteiger partial charge on any atom is -0.350 e. The number of likely N-dealkylation sites (tertiary alicyclic amines) is 1. The van der Waals surface area contributed by atoms with E-state index in [0.717, 1.165) is 17.7 Å². The Kier molecular flexibility index (Phi) is 7.12. The molecule has 1 saturated heterocycles. The maximum atomic E-state index is 13.1. The monoisotopic (exact) mass is 481 g/mol. The zero-order valence-corrected chi connectivity index (χ0v) is 19.9. The number of carbonyl (C=O) groups is 2. The van der Waals surface area contributed by atoms with E-state index in [9.17, 15) is 9.59 Å². The standard InChI is InChI=1S/C21H28ClN7O2.ClH/c1-21(2,3)9-15(23)20(31)29-17-7-12(17)8-18(29)19(30)24-10-13-6-14(22)4-5-16(13)28-11-25-26-27-28;/h4-6,11-12,15,17-18H,7-10,23H2,1-3H3,(H,24,30);1H/t12-,15-,17-,18+;/m1./s1. The molecule has 2 aromatic rings. The number of amides is 2. The van der Waals surface area contributed by atoms with E-state index in [1.807, 2.05) is 0 Å². The molecule has 2 amide bonds. The minimum atomic E-state index is -0.603. The maximum Gasteiger partial charge on any atom is 0.243 e. The zero-order chi connectivity index (χ0) is 22.3. The van der Waals surface area contributed by atoms with E-state index in [-0.39, 0.29) is 42.2 Å². The normalized spacial score (nSPS) is 22.7. The van der Waals surface area contributed by atoms with Crippen LogP contribution in [0.25, 0.3) is 5.69 Å². The first-order valence-corrected chi connectivity index (χ1v) is 10.9. The second-order valence-corrected chi connectivity index (χ2v) is 10.1. The van der Waals surface area contributed by atoms with Crippen LogP contribution in [0.15, 0.2) is 24.5 Å². The van der Waals surface area contributed by atoms with E-state index < -0.39 is 12.1 Å². The van der Waals surface area contributed by atoms with Crippen molar-refractivity contribution in [2.75, 3.05) is 0 Å². The van der Waals surface area contributed by atoms with E-state index in [1.165, 1.54) is 11.0 Å². The number of aromatic nitrogens is 4. The average molecular weight is 482 g/mol. The first-order valence-electron chi connectivity index (χ1n) is 10.5. The zero-order valence-electron chi connectivity index (χ0n) is 18.4. The summed E-state index contributed by atoms with van der Waals surface area (Å²) in [6.07, 6.45) is 3.69. The van der Waals surface area contributed by atoms with Gasteiger partial charge in [0, 0.05) is 17.6 Å². The molecule has 9 nitrogen and oxygen atoms in total. The average Bonchev–Trinajstić information content (AvgIpc) is 3.10. The van der Waals surface area contributed by atoms with Gasteiger partial charge in [0.15, 0.2) is 0 Å². The Morgan fingerprint density at radius 2 is 2.06 bits per heavy atom. The van der Waals surface area contributed by atoms with Crippen LogP contribution in [0, 0.1) is 11.3 Å². The number of halogens is 2. The van der Waals surface area contributed by atoms with Crippen LogP contribution in [0.1, 0.15) is 45.6 Å². The molecule has 32 heavy (non-hydrogen) atoms. The van der Waals surface area contributed by atoms with Crippen molar-refractivity contribution in [3.8, 4) is 5.69 Å². The lowest BCUT2D eigenvalue weighted by molar-refractivity contribution is -0.141. The number of hydrogen-bond acceptors (Lipinski definition) is 6. The Morgan fingerprint density at radius 1 is 1.31 bits per heavy atom. The van der Waals surface area contributed by atoms with Gasteiger partial charge >= 0.3 is 0 Å². The van der Waals surface area contributed by atoms with E-state index in [1.54, 1.807) is 23.1 Å². The molecule has 4 atom stereocenters. The van der Waals surface area contributed by atoms with E-state index >= 15 is 0 Å². The second-order valence-electron chi connectivity index (χ2n) is 9.68. The summed E-state index contributed by atoms with van der Waals surface area (Å²) in [5.74, 6) is 0.0906. The lowest BCUT2D eigenvalue weighted by Crippen LogP contribution is -2.53. The van der Waals surface area contributed by atoms with Gasteiger partial charge in [0.2, 0.25) is 11.8 Å². The quantitative estimate of drug-likeness (QED) is 0.651. The molecule has 174 valence electrons. The molecule has 1 aliphatic carbocycles. The molecule has 1 aromatic heterocycles. The third kappa shape index (κ3) is 5.22. The third-order valence-corrected chi connectivity index (χ3v) is 6.14. The van der Waals surface area contributed by atoms with Crippen LogP contribution in [-0.2, 0) is 16.1 Å². The van der Waals surface area contributed by atoms with Crippen molar-refractivity contribution in [3.05, 3.63) is 35.1 Å². The number of rotatable bonds is 6. The van der Waals surface area contributed by atoms with Gasteiger partial charge in [-0.2, -0.15) is 0 Å². The summed E-state index contributed by atoms with van der Waals surface area (Å²) in [7, 11) is 0. The van der Waals surface area contributed by atoms with E-state index in [4.69, 9.17) is 17.3 Å². The fourth-order valence-corrected chi connectivity index (χ4v) is 4.63. The minimum absolute atomic E-state index is 0. The summed E-state index contributed by atoms with van der Waals surface area (Å²) in [6.45, 7) is 6.42. The molecule has 11 heteroatoms. The highest BCUT2D eigenvalue weighted by Gasteiger charge is 2.56. The first kappa shape index (κ1) is 24.4. The molecular weight excluding hydrogens is 453 g/mol. The van der Waals surface area contributed by atoms with Crippen molar-refractivity contribution in [3.63, 3.8) is 0 Å². The Labute approximate surface area is 198 Å². The number of nitrogens with one attached hydrogen (secondary N) is 1. The Hall–Kier alpha value is -2.23. The molecule has 0 unspecified atom stereocenters. The number of nitrogens with zero attached hydrogens (tertiary/aromatic N) is 5. The highest BCUT2D eigenvalue weighted by Crippen LogP contribution is 2.48. The van der Waals surface area contributed by atoms with Crippen molar-refractivity contribution in [1.29, 1.82) is 0 Å². The third-order valence-electron chi connectivity index (χ3n) is 5.90. The van der Waals surface area contributed by atoms with Crippen LogP contribution in [-0.4, -0.2) is 55.0 Å². The lowest BCUT2D eigenvalue weighted by atomic mass is 9.88. The summed E-state index contributed by atoms with van der Waals surface area (Å²) in [5, 5.41) is 14.8. The molecule has 1 saturated carbocycles. The summed E-state index contributed by atoms with van der Waals surface area (Å²) < 4.78 is 1.52. The van der Waals surface area contributed by atoms with Gasteiger partial charge in [0.1, 0.15) is 12.4 Å². The Balaban J connectivity index is 0.00000289. The smallest absolute Gasteiger partial charge is 0.243 e.